The van der Waals surface area contributed by atoms with E-state index >= 15 is 0 Å². The number of nitrogen functional groups attached to an aromatic ring is 1. The quantitative estimate of drug-likeness (QED) is 0.791. The van der Waals surface area contributed by atoms with Gasteiger partial charge in [0, 0.05) is 19.3 Å². The monoisotopic (exact) mass is 255 g/mol. The Morgan fingerprint density at radius 3 is 2.82 bits per heavy atom. The van der Waals surface area contributed by atoms with Crippen molar-refractivity contribution < 1.29 is 8.76 Å². The van der Waals surface area contributed by atoms with Crippen molar-refractivity contribution in [2.75, 3.05) is 29.5 Å². The van der Waals surface area contributed by atoms with Gasteiger partial charge in [-0.25, -0.2) is 4.21 Å². The summed E-state index contributed by atoms with van der Waals surface area (Å²) in [6.07, 6.45) is 5.27. The van der Waals surface area contributed by atoms with E-state index in [0.717, 1.165) is 31.6 Å². The summed E-state index contributed by atoms with van der Waals surface area (Å²) in [5.41, 5.74) is 7.58. The molecule has 1 aromatic rings. The second-order valence-electron chi connectivity index (χ2n) is 4.35. The van der Waals surface area contributed by atoms with Gasteiger partial charge in [-0.2, -0.15) is 0 Å². The van der Waals surface area contributed by atoms with Gasteiger partial charge in [0.05, 0.1) is 23.3 Å². The molecule has 1 saturated heterocycles. The van der Waals surface area contributed by atoms with E-state index < -0.39 is 11.1 Å². The fourth-order valence-electron chi connectivity index (χ4n) is 2.23. The van der Waals surface area contributed by atoms with Crippen LogP contribution in [-0.4, -0.2) is 32.6 Å². The number of nitrogens with zero attached hydrogens (tertiary/aromatic N) is 2. The zero-order chi connectivity index (χ0) is 12.3. The molecule has 0 amide bonds. The molecule has 0 saturated carbocycles. The number of piperidine rings is 1. The lowest BCUT2D eigenvalue weighted by Gasteiger charge is -2.33. The van der Waals surface area contributed by atoms with Gasteiger partial charge in [-0.1, -0.05) is 0 Å². The van der Waals surface area contributed by atoms with Crippen molar-refractivity contribution in [3.8, 4) is 0 Å². The first-order valence-corrected chi connectivity index (χ1v) is 6.96. The SMILES string of the molecule is Nc1cnccc1N1CCC(CS(=O)O)CC1. The predicted molar refractivity (Wildman–Crippen MR) is 69.2 cm³/mol. The summed E-state index contributed by atoms with van der Waals surface area (Å²) in [6, 6.07) is 1.92. The Morgan fingerprint density at radius 1 is 1.53 bits per heavy atom. The molecule has 1 aliphatic heterocycles. The largest absolute Gasteiger partial charge is 0.396 e. The molecule has 6 heteroatoms. The van der Waals surface area contributed by atoms with Crippen LogP contribution in [0.3, 0.4) is 0 Å². The van der Waals surface area contributed by atoms with Gasteiger partial charge in [-0.3, -0.25) is 4.98 Å². The van der Waals surface area contributed by atoms with Gasteiger partial charge in [0.2, 0.25) is 0 Å². The highest BCUT2D eigenvalue weighted by molar-refractivity contribution is 7.79. The molecule has 0 aromatic carbocycles. The Morgan fingerprint density at radius 2 is 2.24 bits per heavy atom. The number of hydrogen-bond acceptors (Lipinski definition) is 4. The lowest BCUT2D eigenvalue weighted by Crippen LogP contribution is -2.35. The third kappa shape index (κ3) is 3.17. The van der Waals surface area contributed by atoms with Gasteiger partial charge in [-0.15, -0.1) is 0 Å². The molecule has 17 heavy (non-hydrogen) atoms. The van der Waals surface area contributed by atoms with Crippen LogP contribution in [0, 0.1) is 5.92 Å². The van der Waals surface area contributed by atoms with Crippen molar-refractivity contribution in [1.82, 2.24) is 4.98 Å². The number of rotatable bonds is 3. The number of hydrogen-bond donors (Lipinski definition) is 2. The van der Waals surface area contributed by atoms with Crippen molar-refractivity contribution in [1.29, 1.82) is 0 Å². The van der Waals surface area contributed by atoms with Gasteiger partial charge >= 0.3 is 0 Å². The first-order chi connectivity index (χ1) is 8.16. The third-order valence-corrected chi connectivity index (χ3v) is 3.92. The van der Waals surface area contributed by atoms with Crippen LogP contribution >= 0.6 is 0 Å². The highest BCUT2D eigenvalue weighted by atomic mass is 32.2. The smallest absolute Gasteiger partial charge is 0.153 e. The van der Waals surface area contributed by atoms with Crippen LogP contribution in [0.5, 0.6) is 0 Å². The van der Waals surface area contributed by atoms with Gasteiger partial charge < -0.3 is 15.2 Å². The molecule has 1 atom stereocenters. The molecule has 0 spiro atoms. The standard InChI is InChI=1S/C11H17N3O2S/c12-10-7-13-4-1-11(10)14-5-2-9(3-6-14)8-17(15)16/h1,4,7,9H,2-3,5-6,8,12H2,(H,15,16). The molecule has 1 unspecified atom stereocenters. The van der Waals surface area contributed by atoms with E-state index in [0.29, 0.717) is 17.4 Å². The molecule has 94 valence electrons. The van der Waals surface area contributed by atoms with E-state index in [9.17, 15) is 4.21 Å². The lowest BCUT2D eigenvalue weighted by molar-refractivity contribution is 0.432. The Labute approximate surface area is 103 Å². The molecule has 3 N–H and O–H groups in total. The first-order valence-electron chi connectivity index (χ1n) is 5.68. The minimum atomic E-state index is -1.68. The molecular formula is C11H17N3O2S. The highest BCUT2D eigenvalue weighted by Gasteiger charge is 2.21. The van der Waals surface area contributed by atoms with Crippen LogP contribution in [0.4, 0.5) is 11.4 Å². The second kappa shape index (κ2) is 5.46. The second-order valence-corrected chi connectivity index (χ2v) is 5.33. The average molecular weight is 255 g/mol. The van der Waals surface area contributed by atoms with E-state index in [-0.39, 0.29) is 0 Å². The van der Waals surface area contributed by atoms with Crippen LogP contribution in [0.1, 0.15) is 12.8 Å². The van der Waals surface area contributed by atoms with Crippen molar-refractivity contribution >= 4 is 22.5 Å². The minimum absolute atomic E-state index is 0.347. The molecular weight excluding hydrogens is 238 g/mol. The Balaban J connectivity index is 1.95. The summed E-state index contributed by atoms with van der Waals surface area (Å²) in [4.78, 5) is 6.19. The Hall–Kier alpha value is -1.14. The van der Waals surface area contributed by atoms with Gasteiger partial charge in [0.15, 0.2) is 11.1 Å². The minimum Gasteiger partial charge on any atom is -0.396 e. The first kappa shape index (κ1) is 12.3. The predicted octanol–water partition coefficient (Wildman–Crippen LogP) is 1.10. The molecule has 0 radical (unpaired) electrons. The summed E-state index contributed by atoms with van der Waals surface area (Å²) in [5, 5.41) is 0. The van der Waals surface area contributed by atoms with E-state index in [2.05, 4.69) is 9.88 Å². The summed E-state index contributed by atoms with van der Waals surface area (Å²) >= 11 is -1.68. The van der Waals surface area contributed by atoms with Gasteiger partial charge in [0.25, 0.3) is 0 Å². The van der Waals surface area contributed by atoms with Crippen LogP contribution in [0.25, 0.3) is 0 Å². The van der Waals surface area contributed by atoms with Crippen LogP contribution in [0.15, 0.2) is 18.5 Å². The lowest BCUT2D eigenvalue weighted by atomic mass is 9.98. The van der Waals surface area contributed by atoms with Gasteiger partial charge in [0.1, 0.15) is 0 Å². The molecule has 2 heterocycles. The number of pyridine rings is 1. The van der Waals surface area contributed by atoms with Crippen molar-refractivity contribution in [2.24, 2.45) is 5.92 Å². The fraction of sp³-hybridized carbons (Fsp3) is 0.545. The zero-order valence-electron chi connectivity index (χ0n) is 9.58. The molecule has 1 aromatic heterocycles. The summed E-state index contributed by atoms with van der Waals surface area (Å²) in [5.74, 6) is 0.736. The third-order valence-electron chi connectivity index (χ3n) is 3.16. The number of nitrogens with two attached hydrogens (primary N) is 1. The number of aromatic nitrogens is 1. The molecule has 5 nitrogen and oxygen atoms in total. The van der Waals surface area contributed by atoms with Crippen molar-refractivity contribution in [2.45, 2.75) is 12.8 Å². The van der Waals surface area contributed by atoms with Crippen LogP contribution in [-0.2, 0) is 11.1 Å². The molecule has 1 aliphatic rings. The topological polar surface area (TPSA) is 79.5 Å². The summed E-state index contributed by atoms with van der Waals surface area (Å²) in [6.45, 7) is 1.77. The van der Waals surface area contributed by atoms with Crippen molar-refractivity contribution in [3.05, 3.63) is 18.5 Å². The highest BCUT2D eigenvalue weighted by Crippen LogP contribution is 2.27. The number of anilines is 2. The Bertz CT molecular complexity index is 405. The van der Waals surface area contributed by atoms with Gasteiger partial charge in [-0.05, 0) is 24.8 Å². The maximum Gasteiger partial charge on any atom is 0.153 e. The summed E-state index contributed by atoms with van der Waals surface area (Å²) < 4.78 is 19.6. The van der Waals surface area contributed by atoms with E-state index in [1.165, 1.54) is 0 Å². The van der Waals surface area contributed by atoms with Crippen molar-refractivity contribution in [3.63, 3.8) is 0 Å². The van der Waals surface area contributed by atoms with E-state index in [4.69, 9.17) is 10.3 Å². The normalized spacial score (nSPS) is 19.2. The zero-order valence-corrected chi connectivity index (χ0v) is 10.4. The Kier molecular flexibility index (Phi) is 3.96. The molecule has 2 rings (SSSR count). The maximum atomic E-state index is 10.7. The van der Waals surface area contributed by atoms with Crippen LogP contribution in [0.2, 0.25) is 0 Å². The van der Waals surface area contributed by atoms with Crippen LogP contribution < -0.4 is 10.6 Å². The van der Waals surface area contributed by atoms with E-state index in [1.807, 2.05) is 6.07 Å². The average Bonchev–Trinajstić information content (AvgIpc) is 2.30. The molecule has 0 bridgehead atoms. The molecule has 0 aliphatic carbocycles. The maximum absolute atomic E-state index is 10.7. The molecule has 1 fully saturated rings. The fourth-order valence-corrected chi connectivity index (χ4v) is 2.97. The van der Waals surface area contributed by atoms with E-state index in [1.54, 1.807) is 12.4 Å². The summed E-state index contributed by atoms with van der Waals surface area (Å²) in [7, 11) is 0.